The minimum absolute atomic E-state index is 0.632. The van der Waals surface area contributed by atoms with Crippen LogP contribution in [0, 0.1) is 18.3 Å². The quantitative estimate of drug-likeness (QED) is 0.728. The third-order valence-electron chi connectivity index (χ3n) is 4.67. The molecule has 2 heterocycles. The van der Waals surface area contributed by atoms with Gasteiger partial charge in [0.1, 0.15) is 0 Å². The summed E-state index contributed by atoms with van der Waals surface area (Å²) in [5.74, 6) is 3.61. The summed E-state index contributed by atoms with van der Waals surface area (Å²) in [6, 6.07) is 2.31. The molecule has 0 aromatic heterocycles. The SMILES string of the molecule is C#CCCC(NC)C1CC2CCC(C1)N2C. The van der Waals surface area contributed by atoms with Crippen LogP contribution in [0.5, 0.6) is 0 Å². The number of rotatable bonds is 4. The van der Waals surface area contributed by atoms with Gasteiger partial charge in [0.15, 0.2) is 0 Å². The van der Waals surface area contributed by atoms with Gasteiger partial charge in [0.2, 0.25) is 0 Å². The third-order valence-corrected chi connectivity index (χ3v) is 4.67. The molecule has 0 amide bonds. The highest BCUT2D eigenvalue weighted by Crippen LogP contribution is 2.39. The first kappa shape index (κ1) is 12.0. The van der Waals surface area contributed by atoms with Crippen molar-refractivity contribution in [3.05, 3.63) is 0 Å². The molecule has 2 heteroatoms. The zero-order valence-corrected chi connectivity index (χ0v) is 10.6. The Hall–Kier alpha value is -0.520. The van der Waals surface area contributed by atoms with E-state index in [0.29, 0.717) is 6.04 Å². The molecule has 2 bridgehead atoms. The number of hydrogen-bond donors (Lipinski definition) is 1. The first-order valence-corrected chi connectivity index (χ1v) is 6.59. The lowest BCUT2D eigenvalue weighted by Crippen LogP contribution is -2.46. The van der Waals surface area contributed by atoms with Crippen molar-refractivity contribution in [2.45, 2.75) is 56.7 Å². The number of piperidine rings is 1. The first-order valence-electron chi connectivity index (χ1n) is 6.59. The number of hydrogen-bond acceptors (Lipinski definition) is 2. The highest BCUT2D eigenvalue weighted by atomic mass is 15.2. The van der Waals surface area contributed by atoms with Gasteiger partial charge in [0.05, 0.1) is 0 Å². The Balaban J connectivity index is 1.93. The van der Waals surface area contributed by atoms with E-state index in [9.17, 15) is 0 Å². The van der Waals surface area contributed by atoms with Crippen molar-refractivity contribution >= 4 is 0 Å². The Morgan fingerprint density at radius 2 is 2.00 bits per heavy atom. The summed E-state index contributed by atoms with van der Waals surface area (Å²) >= 11 is 0. The zero-order chi connectivity index (χ0) is 11.5. The molecule has 2 aliphatic heterocycles. The highest BCUT2D eigenvalue weighted by molar-refractivity contribution is 4.97. The van der Waals surface area contributed by atoms with Crippen molar-refractivity contribution in [1.82, 2.24) is 10.2 Å². The third kappa shape index (κ3) is 2.26. The number of nitrogens with one attached hydrogen (secondary N) is 1. The van der Waals surface area contributed by atoms with Gasteiger partial charge in [0.25, 0.3) is 0 Å². The lowest BCUT2D eigenvalue weighted by Gasteiger charge is -2.39. The fourth-order valence-corrected chi connectivity index (χ4v) is 3.64. The minimum atomic E-state index is 0.632. The number of terminal acetylenes is 1. The Morgan fingerprint density at radius 1 is 1.38 bits per heavy atom. The van der Waals surface area contributed by atoms with Gasteiger partial charge < -0.3 is 10.2 Å². The summed E-state index contributed by atoms with van der Waals surface area (Å²) in [7, 11) is 4.38. The summed E-state index contributed by atoms with van der Waals surface area (Å²) in [5, 5.41) is 3.48. The second-order valence-electron chi connectivity index (χ2n) is 5.42. The van der Waals surface area contributed by atoms with Crippen LogP contribution in [0.25, 0.3) is 0 Å². The average Bonchev–Trinajstić information content (AvgIpc) is 2.54. The van der Waals surface area contributed by atoms with Gasteiger partial charge in [-0.15, -0.1) is 12.3 Å². The van der Waals surface area contributed by atoms with E-state index in [4.69, 9.17) is 6.42 Å². The molecule has 2 rings (SSSR count). The van der Waals surface area contributed by atoms with Crippen molar-refractivity contribution in [2.75, 3.05) is 14.1 Å². The molecular formula is C14H24N2. The molecule has 0 aromatic rings. The van der Waals surface area contributed by atoms with Crippen molar-refractivity contribution in [3.63, 3.8) is 0 Å². The maximum Gasteiger partial charge on any atom is 0.0103 e. The second kappa shape index (κ2) is 5.21. The van der Waals surface area contributed by atoms with Gasteiger partial charge in [-0.2, -0.15) is 0 Å². The Labute approximate surface area is 99.8 Å². The summed E-state index contributed by atoms with van der Waals surface area (Å²) in [6.07, 6.45) is 13.0. The molecule has 2 aliphatic rings. The molecule has 1 N–H and O–H groups in total. The number of nitrogens with zero attached hydrogens (tertiary/aromatic N) is 1. The minimum Gasteiger partial charge on any atom is -0.317 e. The van der Waals surface area contributed by atoms with Gasteiger partial charge in [-0.05, 0) is 52.1 Å². The van der Waals surface area contributed by atoms with Crippen LogP contribution < -0.4 is 5.32 Å². The van der Waals surface area contributed by atoms with Crippen LogP contribution in [0.1, 0.15) is 38.5 Å². The Morgan fingerprint density at radius 3 is 2.50 bits per heavy atom. The Kier molecular flexibility index (Phi) is 3.89. The van der Waals surface area contributed by atoms with E-state index in [-0.39, 0.29) is 0 Å². The van der Waals surface area contributed by atoms with E-state index in [1.807, 2.05) is 0 Å². The molecule has 0 aromatic carbocycles. The van der Waals surface area contributed by atoms with Crippen molar-refractivity contribution < 1.29 is 0 Å². The van der Waals surface area contributed by atoms with Crippen LogP contribution in [0.15, 0.2) is 0 Å². The molecule has 0 spiro atoms. The standard InChI is InChI=1S/C14H24N2/c1-4-5-6-14(15-2)11-9-12-7-8-13(10-11)16(12)3/h1,11-15H,5-10H2,2-3H3. The van der Waals surface area contributed by atoms with Crippen LogP contribution in [0.4, 0.5) is 0 Å². The lowest BCUT2D eigenvalue weighted by molar-refractivity contribution is 0.112. The van der Waals surface area contributed by atoms with E-state index < -0.39 is 0 Å². The summed E-state index contributed by atoms with van der Waals surface area (Å²) in [5.41, 5.74) is 0. The van der Waals surface area contributed by atoms with Gasteiger partial charge in [-0.25, -0.2) is 0 Å². The predicted octanol–water partition coefficient (Wildman–Crippen LogP) is 1.86. The van der Waals surface area contributed by atoms with Crippen molar-refractivity contribution in [2.24, 2.45) is 5.92 Å². The second-order valence-corrected chi connectivity index (χ2v) is 5.42. The van der Waals surface area contributed by atoms with Gasteiger partial charge in [0, 0.05) is 24.5 Å². The van der Waals surface area contributed by atoms with E-state index in [2.05, 4.69) is 30.2 Å². The largest absolute Gasteiger partial charge is 0.317 e. The average molecular weight is 220 g/mol. The maximum atomic E-state index is 5.36. The fraction of sp³-hybridized carbons (Fsp3) is 0.857. The first-order chi connectivity index (χ1) is 7.76. The van der Waals surface area contributed by atoms with Crippen LogP contribution in [-0.4, -0.2) is 37.1 Å². The van der Waals surface area contributed by atoms with Crippen molar-refractivity contribution in [1.29, 1.82) is 0 Å². The number of fused-ring (bicyclic) bond motifs is 2. The summed E-state index contributed by atoms with van der Waals surface area (Å²) < 4.78 is 0. The molecule has 0 aliphatic carbocycles. The molecule has 3 unspecified atom stereocenters. The van der Waals surface area contributed by atoms with E-state index in [1.54, 1.807) is 0 Å². The fourth-order valence-electron chi connectivity index (χ4n) is 3.64. The molecule has 0 radical (unpaired) electrons. The molecule has 0 saturated carbocycles. The molecular weight excluding hydrogens is 196 g/mol. The smallest absolute Gasteiger partial charge is 0.0103 e. The predicted molar refractivity (Wildman–Crippen MR) is 68.2 cm³/mol. The normalized spacial score (nSPS) is 35.9. The summed E-state index contributed by atoms with van der Waals surface area (Å²) in [4.78, 5) is 2.60. The van der Waals surface area contributed by atoms with Crippen LogP contribution in [0.2, 0.25) is 0 Å². The van der Waals surface area contributed by atoms with E-state index >= 15 is 0 Å². The Bertz CT molecular complexity index is 254. The van der Waals surface area contributed by atoms with Gasteiger partial charge in [-0.1, -0.05) is 0 Å². The topological polar surface area (TPSA) is 15.3 Å². The molecule has 2 nitrogen and oxygen atoms in total. The molecule has 2 fully saturated rings. The summed E-state index contributed by atoms with van der Waals surface area (Å²) in [6.45, 7) is 0. The molecule has 90 valence electrons. The lowest BCUT2D eigenvalue weighted by atomic mass is 9.83. The van der Waals surface area contributed by atoms with Gasteiger partial charge in [-0.3, -0.25) is 0 Å². The van der Waals surface area contributed by atoms with E-state index in [0.717, 1.165) is 30.8 Å². The molecule has 2 saturated heterocycles. The highest BCUT2D eigenvalue weighted by Gasteiger charge is 2.40. The van der Waals surface area contributed by atoms with Crippen molar-refractivity contribution in [3.8, 4) is 12.3 Å². The monoisotopic (exact) mass is 220 g/mol. The molecule has 3 atom stereocenters. The maximum absolute atomic E-state index is 5.36. The zero-order valence-electron chi connectivity index (χ0n) is 10.6. The van der Waals surface area contributed by atoms with Crippen LogP contribution in [0.3, 0.4) is 0 Å². The van der Waals surface area contributed by atoms with Crippen LogP contribution >= 0.6 is 0 Å². The van der Waals surface area contributed by atoms with Crippen LogP contribution in [-0.2, 0) is 0 Å². The van der Waals surface area contributed by atoms with Gasteiger partial charge >= 0.3 is 0 Å². The van der Waals surface area contributed by atoms with E-state index in [1.165, 1.54) is 25.7 Å². The molecule has 16 heavy (non-hydrogen) atoms.